The van der Waals surface area contributed by atoms with E-state index in [2.05, 4.69) is 19.1 Å². The molecular formula is C19H19F2NOS. The number of rotatable bonds is 3. The van der Waals surface area contributed by atoms with Gasteiger partial charge in [-0.2, -0.15) is 0 Å². The number of hydrogen-bond donors (Lipinski definition) is 0. The Labute approximate surface area is 144 Å². The third-order valence-electron chi connectivity index (χ3n) is 4.29. The van der Waals surface area contributed by atoms with Crippen molar-refractivity contribution in [3.8, 4) is 0 Å². The highest BCUT2D eigenvalue weighted by Gasteiger charge is 2.27. The first kappa shape index (κ1) is 17.0. The van der Waals surface area contributed by atoms with Crippen LogP contribution in [0.3, 0.4) is 0 Å². The largest absolute Gasteiger partial charge is 0.338 e. The number of likely N-dealkylation sites (tertiary alicyclic amines) is 1. The molecule has 0 aliphatic carbocycles. The molecule has 0 unspecified atom stereocenters. The van der Waals surface area contributed by atoms with Gasteiger partial charge in [0.25, 0.3) is 5.91 Å². The fourth-order valence-corrected chi connectivity index (χ4v) is 4.12. The predicted molar refractivity (Wildman–Crippen MR) is 92.3 cm³/mol. The third kappa shape index (κ3) is 3.61. The number of nitrogens with zero attached hydrogens (tertiary/aromatic N) is 1. The number of hydrogen-bond acceptors (Lipinski definition) is 2. The second-order valence-electron chi connectivity index (χ2n) is 5.97. The number of thioether (sulfide) groups is 1. The zero-order valence-corrected chi connectivity index (χ0v) is 14.3. The highest BCUT2D eigenvalue weighted by molar-refractivity contribution is 8.00. The van der Waals surface area contributed by atoms with E-state index in [1.54, 1.807) is 4.90 Å². The molecule has 0 bridgehead atoms. The van der Waals surface area contributed by atoms with Gasteiger partial charge in [-0.15, -0.1) is 11.8 Å². The minimum absolute atomic E-state index is 0.417. The van der Waals surface area contributed by atoms with Gasteiger partial charge in [0.1, 0.15) is 17.2 Å². The van der Waals surface area contributed by atoms with Crippen LogP contribution in [0.2, 0.25) is 0 Å². The summed E-state index contributed by atoms with van der Waals surface area (Å²) in [6, 6.07) is 11.7. The number of piperidine rings is 1. The van der Waals surface area contributed by atoms with Gasteiger partial charge in [-0.1, -0.05) is 24.3 Å². The molecule has 1 heterocycles. The molecule has 1 fully saturated rings. The summed E-state index contributed by atoms with van der Waals surface area (Å²) in [5.41, 5.74) is 0.803. The number of benzene rings is 2. The summed E-state index contributed by atoms with van der Waals surface area (Å²) in [6.07, 6.45) is 1.64. The minimum Gasteiger partial charge on any atom is -0.338 e. The van der Waals surface area contributed by atoms with Crippen LogP contribution in [0.5, 0.6) is 0 Å². The molecule has 1 aliphatic heterocycles. The van der Waals surface area contributed by atoms with Crippen molar-refractivity contribution in [3.63, 3.8) is 0 Å². The SMILES string of the molecule is Cc1ccccc1SC1CCN(C(=O)c2c(F)cccc2F)CC1. The summed E-state index contributed by atoms with van der Waals surface area (Å²) >= 11 is 1.82. The van der Waals surface area contributed by atoms with E-state index in [9.17, 15) is 13.6 Å². The van der Waals surface area contributed by atoms with Crippen LogP contribution in [0, 0.1) is 18.6 Å². The van der Waals surface area contributed by atoms with Gasteiger partial charge in [-0.3, -0.25) is 4.79 Å². The fourth-order valence-electron chi connectivity index (χ4n) is 2.91. The van der Waals surface area contributed by atoms with E-state index in [1.165, 1.54) is 16.5 Å². The van der Waals surface area contributed by atoms with E-state index >= 15 is 0 Å². The maximum Gasteiger partial charge on any atom is 0.259 e. The van der Waals surface area contributed by atoms with Gasteiger partial charge in [0.05, 0.1) is 0 Å². The van der Waals surface area contributed by atoms with Crippen molar-refractivity contribution in [2.24, 2.45) is 0 Å². The Morgan fingerprint density at radius 1 is 1.04 bits per heavy atom. The van der Waals surface area contributed by atoms with Crippen molar-refractivity contribution in [2.45, 2.75) is 29.9 Å². The quantitative estimate of drug-likeness (QED) is 0.804. The number of carbonyl (C=O) groups excluding carboxylic acids is 1. The second-order valence-corrected chi connectivity index (χ2v) is 7.31. The van der Waals surface area contributed by atoms with Crippen LogP contribution < -0.4 is 0 Å². The topological polar surface area (TPSA) is 20.3 Å². The zero-order chi connectivity index (χ0) is 17.1. The third-order valence-corrected chi connectivity index (χ3v) is 5.81. The Hall–Kier alpha value is -1.88. The van der Waals surface area contributed by atoms with E-state index in [1.807, 2.05) is 23.9 Å². The predicted octanol–water partition coefficient (Wildman–Crippen LogP) is 4.67. The summed E-state index contributed by atoms with van der Waals surface area (Å²) < 4.78 is 27.5. The van der Waals surface area contributed by atoms with Gasteiger partial charge in [0, 0.05) is 23.2 Å². The van der Waals surface area contributed by atoms with Crippen LogP contribution in [-0.4, -0.2) is 29.1 Å². The average Bonchev–Trinajstić information content (AvgIpc) is 2.57. The molecule has 2 aromatic rings. The smallest absolute Gasteiger partial charge is 0.259 e. The maximum absolute atomic E-state index is 13.8. The molecule has 0 aromatic heterocycles. The van der Waals surface area contributed by atoms with E-state index in [4.69, 9.17) is 0 Å². The van der Waals surface area contributed by atoms with Gasteiger partial charge in [-0.25, -0.2) is 8.78 Å². The fraction of sp³-hybridized carbons (Fsp3) is 0.316. The molecule has 1 amide bonds. The molecule has 0 spiro atoms. The molecule has 1 aliphatic rings. The highest BCUT2D eigenvalue weighted by Crippen LogP contribution is 2.32. The summed E-state index contributed by atoms with van der Waals surface area (Å²) in [5, 5.41) is 0.417. The van der Waals surface area contributed by atoms with Crippen LogP contribution in [0.15, 0.2) is 47.4 Å². The molecule has 5 heteroatoms. The molecule has 0 atom stereocenters. The van der Waals surface area contributed by atoms with Gasteiger partial charge in [0.2, 0.25) is 0 Å². The Morgan fingerprint density at radius 3 is 2.29 bits per heavy atom. The Balaban J connectivity index is 1.63. The number of aryl methyl sites for hydroxylation is 1. The molecule has 126 valence electrons. The molecular weight excluding hydrogens is 328 g/mol. The molecule has 0 radical (unpaired) electrons. The number of halogens is 2. The Morgan fingerprint density at radius 2 is 1.67 bits per heavy atom. The van der Waals surface area contributed by atoms with E-state index in [-0.39, 0.29) is 0 Å². The lowest BCUT2D eigenvalue weighted by molar-refractivity contribution is 0.0717. The Kier molecular flexibility index (Phi) is 5.19. The first-order chi connectivity index (χ1) is 11.6. The van der Waals surface area contributed by atoms with Crippen molar-refractivity contribution in [1.82, 2.24) is 4.90 Å². The Bertz CT molecular complexity index is 722. The molecule has 1 saturated heterocycles. The standard InChI is InChI=1S/C19H19F2NOS/c1-13-5-2-3-8-17(13)24-14-9-11-22(12-10-14)19(23)18-15(20)6-4-7-16(18)21/h2-8,14H,9-12H2,1H3. The molecule has 3 rings (SSSR count). The highest BCUT2D eigenvalue weighted by atomic mass is 32.2. The van der Waals surface area contributed by atoms with Gasteiger partial charge in [-0.05, 0) is 43.5 Å². The van der Waals surface area contributed by atoms with Crippen molar-refractivity contribution >= 4 is 17.7 Å². The molecule has 0 N–H and O–H groups in total. The molecule has 0 saturated carbocycles. The molecule has 2 aromatic carbocycles. The number of amides is 1. The minimum atomic E-state index is -0.795. The van der Waals surface area contributed by atoms with Crippen LogP contribution >= 0.6 is 11.8 Å². The summed E-state index contributed by atoms with van der Waals surface area (Å²) in [7, 11) is 0. The number of carbonyl (C=O) groups is 1. The van der Waals surface area contributed by atoms with E-state index in [0.717, 1.165) is 25.0 Å². The van der Waals surface area contributed by atoms with Crippen LogP contribution in [0.4, 0.5) is 8.78 Å². The lowest BCUT2D eigenvalue weighted by Crippen LogP contribution is -2.40. The average molecular weight is 347 g/mol. The first-order valence-corrected chi connectivity index (χ1v) is 8.90. The van der Waals surface area contributed by atoms with Crippen LogP contribution in [0.1, 0.15) is 28.8 Å². The second kappa shape index (κ2) is 7.34. The first-order valence-electron chi connectivity index (χ1n) is 8.02. The van der Waals surface area contributed by atoms with Crippen molar-refractivity contribution in [2.75, 3.05) is 13.1 Å². The van der Waals surface area contributed by atoms with Gasteiger partial charge >= 0.3 is 0 Å². The monoisotopic (exact) mass is 347 g/mol. The van der Waals surface area contributed by atoms with Crippen molar-refractivity contribution < 1.29 is 13.6 Å². The van der Waals surface area contributed by atoms with Crippen molar-refractivity contribution in [3.05, 3.63) is 65.2 Å². The maximum atomic E-state index is 13.8. The summed E-state index contributed by atoms with van der Waals surface area (Å²) in [4.78, 5) is 15.2. The van der Waals surface area contributed by atoms with Gasteiger partial charge < -0.3 is 4.90 Å². The normalized spacial score (nSPS) is 15.5. The van der Waals surface area contributed by atoms with E-state index < -0.39 is 23.1 Å². The summed E-state index contributed by atoms with van der Waals surface area (Å²) in [6.45, 7) is 3.13. The van der Waals surface area contributed by atoms with Gasteiger partial charge in [0.15, 0.2) is 0 Å². The van der Waals surface area contributed by atoms with Crippen LogP contribution in [-0.2, 0) is 0 Å². The van der Waals surface area contributed by atoms with E-state index in [0.29, 0.717) is 18.3 Å². The van der Waals surface area contributed by atoms with Crippen molar-refractivity contribution in [1.29, 1.82) is 0 Å². The molecule has 24 heavy (non-hydrogen) atoms. The zero-order valence-electron chi connectivity index (χ0n) is 13.5. The lowest BCUT2D eigenvalue weighted by Gasteiger charge is -2.32. The molecule has 2 nitrogen and oxygen atoms in total. The summed E-state index contributed by atoms with van der Waals surface area (Å²) in [5.74, 6) is -2.14. The van der Waals surface area contributed by atoms with Crippen LogP contribution in [0.25, 0.3) is 0 Å². The lowest BCUT2D eigenvalue weighted by atomic mass is 10.1.